The molecule has 102 valence electrons. The van der Waals surface area contributed by atoms with Gasteiger partial charge < -0.3 is 4.74 Å². The Morgan fingerprint density at radius 1 is 0.950 bits per heavy atom. The van der Waals surface area contributed by atoms with Gasteiger partial charge in [-0.2, -0.15) is 0 Å². The Morgan fingerprint density at radius 2 is 1.50 bits per heavy atom. The van der Waals surface area contributed by atoms with Crippen LogP contribution in [0.1, 0.15) is 21.5 Å². The molecule has 0 unspecified atom stereocenters. The zero-order valence-electron chi connectivity index (χ0n) is 10.8. The quantitative estimate of drug-likeness (QED) is 0.592. The third-order valence-corrected chi connectivity index (χ3v) is 3.12. The van der Waals surface area contributed by atoms with Gasteiger partial charge in [0.25, 0.3) is 0 Å². The van der Waals surface area contributed by atoms with Gasteiger partial charge in [0.05, 0.1) is 12.7 Å². The predicted molar refractivity (Wildman–Crippen MR) is 83.2 cm³/mol. The van der Waals surface area contributed by atoms with E-state index in [0.29, 0.717) is 15.6 Å². The molecule has 0 saturated carbocycles. The second-order valence-corrected chi connectivity index (χ2v) is 5.02. The summed E-state index contributed by atoms with van der Waals surface area (Å²) in [6.45, 7) is 0. The summed E-state index contributed by atoms with van der Waals surface area (Å²) >= 11 is 11.9. The molecule has 0 aromatic heterocycles. The standard InChI is InChI=1S/C16H12Cl2O2/c1-20-16(19)13-6-4-11(5-7-13)2-3-12-8-14(17)10-15(18)9-12/h2-10H,1H3/b3-2+. The minimum Gasteiger partial charge on any atom is -0.465 e. The molecule has 0 N–H and O–H groups in total. The Balaban J connectivity index is 2.17. The number of esters is 1. The Kier molecular flexibility index (Phi) is 4.83. The number of carbonyl (C=O) groups excluding carboxylic acids is 1. The highest BCUT2D eigenvalue weighted by molar-refractivity contribution is 6.34. The maximum atomic E-state index is 11.3. The van der Waals surface area contributed by atoms with E-state index < -0.39 is 0 Å². The van der Waals surface area contributed by atoms with Crippen molar-refractivity contribution in [2.24, 2.45) is 0 Å². The molecule has 0 aliphatic carbocycles. The maximum Gasteiger partial charge on any atom is 0.337 e. The van der Waals surface area contributed by atoms with E-state index in [2.05, 4.69) is 4.74 Å². The third kappa shape index (κ3) is 3.86. The minimum atomic E-state index is -0.345. The molecule has 0 bridgehead atoms. The van der Waals surface area contributed by atoms with Crippen LogP contribution in [0.2, 0.25) is 10.0 Å². The first kappa shape index (κ1) is 14.6. The molecule has 0 saturated heterocycles. The number of rotatable bonds is 3. The zero-order valence-corrected chi connectivity index (χ0v) is 12.3. The Morgan fingerprint density at radius 3 is 2.05 bits per heavy atom. The van der Waals surface area contributed by atoms with Crippen LogP contribution in [0.25, 0.3) is 12.2 Å². The third-order valence-electron chi connectivity index (χ3n) is 2.68. The van der Waals surface area contributed by atoms with E-state index >= 15 is 0 Å². The molecule has 0 radical (unpaired) electrons. The number of benzene rings is 2. The van der Waals surface area contributed by atoms with Crippen molar-refractivity contribution in [3.8, 4) is 0 Å². The molecule has 2 nitrogen and oxygen atoms in total. The second kappa shape index (κ2) is 6.60. The molecule has 0 amide bonds. The summed E-state index contributed by atoms with van der Waals surface area (Å²) in [5.41, 5.74) is 2.41. The van der Waals surface area contributed by atoms with Crippen LogP contribution < -0.4 is 0 Å². The van der Waals surface area contributed by atoms with Crippen LogP contribution in [0, 0.1) is 0 Å². The lowest BCUT2D eigenvalue weighted by atomic mass is 10.1. The minimum absolute atomic E-state index is 0.345. The summed E-state index contributed by atoms with van der Waals surface area (Å²) in [5, 5.41) is 1.19. The van der Waals surface area contributed by atoms with E-state index in [4.69, 9.17) is 23.2 Å². The van der Waals surface area contributed by atoms with E-state index in [1.54, 1.807) is 18.2 Å². The Labute approximate surface area is 127 Å². The maximum absolute atomic E-state index is 11.3. The van der Waals surface area contributed by atoms with Crippen molar-refractivity contribution in [2.45, 2.75) is 0 Å². The van der Waals surface area contributed by atoms with Crippen LogP contribution in [0.15, 0.2) is 42.5 Å². The van der Waals surface area contributed by atoms with Crippen molar-refractivity contribution < 1.29 is 9.53 Å². The molecular formula is C16H12Cl2O2. The lowest BCUT2D eigenvalue weighted by Gasteiger charge is -2.00. The first-order chi connectivity index (χ1) is 9.58. The van der Waals surface area contributed by atoms with Gasteiger partial charge in [-0.1, -0.05) is 47.5 Å². The molecule has 4 heteroatoms. The lowest BCUT2D eigenvalue weighted by Crippen LogP contribution is -2.00. The molecule has 0 heterocycles. The van der Waals surface area contributed by atoms with Gasteiger partial charge in [-0.3, -0.25) is 0 Å². The van der Waals surface area contributed by atoms with Gasteiger partial charge in [-0.25, -0.2) is 4.79 Å². The smallest absolute Gasteiger partial charge is 0.337 e. The average Bonchev–Trinajstić information content (AvgIpc) is 2.44. The monoisotopic (exact) mass is 306 g/mol. The van der Waals surface area contributed by atoms with Crippen LogP contribution in [0.3, 0.4) is 0 Å². The second-order valence-electron chi connectivity index (χ2n) is 4.15. The summed E-state index contributed by atoms with van der Waals surface area (Å²) in [6.07, 6.45) is 3.83. The first-order valence-corrected chi connectivity index (χ1v) is 6.66. The highest BCUT2D eigenvalue weighted by Crippen LogP contribution is 2.20. The van der Waals surface area contributed by atoms with Crippen LogP contribution in [-0.4, -0.2) is 13.1 Å². The Bertz CT molecular complexity index is 626. The first-order valence-electron chi connectivity index (χ1n) is 5.91. The van der Waals surface area contributed by atoms with Gasteiger partial charge in [-0.15, -0.1) is 0 Å². The number of halogens is 2. The Hall–Kier alpha value is -1.77. The van der Waals surface area contributed by atoms with E-state index in [-0.39, 0.29) is 5.97 Å². The molecule has 0 aliphatic rings. The van der Waals surface area contributed by atoms with Gasteiger partial charge >= 0.3 is 5.97 Å². The topological polar surface area (TPSA) is 26.3 Å². The normalized spacial score (nSPS) is 10.8. The summed E-state index contributed by atoms with van der Waals surface area (Å²) in [4.78, 5) is 11.3. The predicted octanol–water partition coefficient (Wildman–Crippen LogP) is 4.95. The highest BCUT2D eigenvalue weighted by Gasteiger charge is 2.03. The molecule has 20 heavy (non-hydrogen) atoms. The molecule has 0 aliphatic heterocycles. The fourth-order valence-electron chi connectivity index (χ4n) is 1.71. The molecule has 2 aromatic carbocycles. The van der Waals surface area contributed by atoms with Gasteiger partial charge in [0.2, 0.25) is 0 Å². The number of methoxy groups -OCH3 is 1. The zero-order chi connectivity index (χ0) is 14.5. The van der Waals surface area contributed by atoms with Gasteiger partial charge in [0, 0.05) is 10.0 Å². The fraction of sp³-hybridized carbons (Fsp3) is 0.0625. The van der Waals surface area contributed by atoms with Crippen LogP contribution in [-0.2, 0) is 4.74 Å². The summed E-state index contributed by atoms with van der Waals surface area (Å²) in [7, 11) is 1.36. The van der Waals surface area contributed by atoms with Crippen molar-refractivity contribution in [1.29, 1.82) is 0 Å². The van der Waals surface area contributed by atoms with E-state index in [1.165, 1.54) is 7.11 Å². The molecular weight excluding hydrogens is 295 g/mol. The van der Waals surface area contributed by atoms with E-state index in [9.17, 15) is 4.79 Å². The molecule has 0 spiro atoms. The molecule has 2 aromatic rings. The van der Waals surface area contributed by atoms with Crippen molar-refractivity contribution in [2.75, 3.05) is 7.11 Å². The highest BCUT2D eigenvalue weighted by atomic mass is 35.5. The number of carbonyl (C=O) groups is 1. The van der Waals surface area contributed by atoms with Crippen LogP contribution in [0.5, 0.6) is 0 Å². The van der Waals surface area contributed by atoms with E-state index in [1.807, 2.05) is 36.4 Å². The lowest BCUT2D eigenvalue weighted by molar-refractivity contribution is 0.0601. The number of hydrogen-bond donors (Lipinski definition) is 0. The van der Waals surface area contributed by atoms with Gasteiger partial charge in [0.15, 0.2) is 0 Å². The van der Waals surface area contributed by atoms with Crippen molar-refractivity contribution in [1.82, 2.24) is 0 Å². The van der Waals surface area contributed by atoms with Gasteiger partial charge in [0.1, 0.15) is 0 Å². The summed E-state index contributed by atoms with van der Waals surface area (Å²) in [6, 6.07) is 12.5. The molecule has 0 atom stereocenters. The van der Waals surface area contributed by atoms with E-state index in [0.717, 1.165) is 11.1 Å². The molecule has 0 fully saturated rings. The number of ether oxygens (including phenoxy) is 1. The summed E-state index contributed by atoms with van der Waals surface area (Å²) < 4.78 is 4.65. The number of hydrogen-bond acceptors (Lipinski definition) is 2. The van der Waals surface area contributed by atoms with Crippen LogP contribution >= 0.6 is 23.2 Å². The van der Waals surface area contributed by atoms with Crippen LogP contribution in [0.4, 0.5) is 0 Å². The SMILES string of the molecule is COC(=O)c1ccc(/C=C/c2cc(Cl)cc(Cl)c2)cc1. The molecule has 2 rings (SSSR count). The van der Waals surface area contributed by atoms with Crippen molar-refractivity contribution in [3.05, 3.63) is 69.2 Å². The largest absolute Gasteiger partial charge is 0.465 e. The average molecular weight is 307 g/mol. The summed E-state index contributed by atoms with van der Waals surface area (Å²) in [5.74, 6) is -0.345. The fourth-order valence-corrected chi connectivity index (χ4v) is 2.25. The van der Waals surface area contributed by atoms with Gasteiger partial charge in [-0.05, 0) is 41.5 Å². The van der Waals surface area contributed by atoms with Crippen molar-refractivity contribution >= 4 is 41.3 Å². The van der Waals surface area contributed by atoms with Crippen molar-refractivity contribution in [3.63, 3.8) is 0 Å².